The summed E-state index contributed by atoms with van der Waals surface area (Å²) in [4.78, 5) is 0. The normalized spacial score (nSPS) is 25.2. The third-order valence-corrected chi connectivity index (χ3v) is 2.28. The molecule has 0 aromatic rings. The minimum absolute atomic E-state index is 1.22. The van der Waals surface area contributed by atoms with Crippen LogP contribution in [0.25, 0.3) is 0 Å². The first-order valence-corrected chi connectivity index (χ1v) is 5.47. The Morgan fingerprint density at radius 3 is 1.62 bits per heavy atom. The van der Waals surface area contributed by atoms with E-state index in [-0.39, 0.29) is 0 Å². The highest BCUT2D eigenvalue weighted by atomic mass is 13.9. The third-order valence-electron chi connectivity index (χ3n) is 2.28. The van der Waals surface area contributed by atoms with Crippen LogP contribution in [0.2, 0.25) is 0 Å². The summed E-state index contributed by atoms with van der Waals surface area (Å²) < 4.78 is 0. The zero-order chi connectivity index (χ0) is 9.19. The number of hydrogen-bond acceptors (Lipinski definition) is 0. The number of rotatable bonds is 0. The van der Waals surface area contributed by atoms with Gasteiger partial charge in [0.1, 0.15) is 0 Å². The molecule has 0 saturated carbocycles. The first-order chi connectivity index (χ1) is 6.50. The maximum Gasteiger partial charge on any atom is -0.0345 e. The minimum Gasteiger partial charge on any atom is -0.0885 e. The summed E-state index contributed by atoms with van der Waals surface area (Å²) in [6.07, 6.45) is 22.5. The van der Waals surface area contributed by atoms with E-state index in [9.17, 15) is 0 Å². The van der Waals surface area contributed by atoms with Gasteiger partial charge in [-0.3, -0.25) is 0 Å². The zero-order valence-electron chi connectivity index (χ0n) is 8.41. The molecule has 0 amide bonds. The maximum absolute atomic E-state index is 2.34. The van der Waals surface area contributed by atoms with Gasteiger partial charge in [0.15, 0.2) is 0 Å². The van der Waals surface area contributed by atoms with Gasteiger partial charge < -0.3 is 0 Å². The second-order valence-electron chi connectivity index (χ2n) is 3.54. The fourth-order valence-electron chi connectivity index (χ4n) is 1.46. The van der Waals surface area contributed by atoms with Crippen molar-refractivity contribution in [3.05, 3.63) is 36.5 Å². The molecule has 0 atom stereocenters. The van der Waals surface area contributed by atoms with Crippen molar-refractivity contribution in [2.24, 2.45) is 0 Å². The topological polar surface area (TPSA) is 0 Å². The third kappa shape index (κ3) is 6.39. The largest absolute Gasteiger partial charge is 0.0885 e. The smallest absolute Gasteiger partial charge is 0.0345 e. The fourth-order valence-corrected chi connectivity index (χ4v) is 1.46. The molecule has 0 fully saturated rings. The lowest BCUT2D eigenvalue weighted by atomic mass is 10.1. The highest BCUT2D eigenvalue weighted by Gasteiger charge is 1.85. The molecule has 0 nitrogen and oxygen atoms in total. The molecule has 0 heterocycles. The first kappa shape index (κ1) is 10.3. The summed E-state index contributed by atoms with van der Waals surface area (Å²) in [5.74, 6) is 0. The Labute approximate surface area is 82.0 Å². The molecule has 1 rings (SSSR count). The van der Waals surface area contributed by atoms with Crippen LogP contribution in [0.1, 0.15) is 44.9 Å². The van der Waals surface area contributed by atoms with Crippen LogP contribution in [0.5, 0.6) is 0 Å². The van der Waals surface area contributed by atoms with E-state index >= 15 is 0 Å². The SMILES string of the molecule is C1=CCCC/C=C\CCCC/C=C\1. The van der Waals surface area contributed by atoms with Gasteiger partial charge in [0.25, 0.3) is 0 Å². The van der Waals surface area contributed by atoms with Gasteiger partial charge in [-0.05, 0) is 44.9 Å². The molecule has 72 valence electrons. The van der Waals surface area contributed by atoms with Crippen LogP contribution in [0.4, 0.5) is 0 Å². The van der Waals surface area contributed by atoms with Crippen LogP contribution in [0, 0.1) is 0 Å². The van der Waals surface area contributed by atoms with Gasteiger partial charge in [-0.15, -0.1) is 0 Å². The molecule has 0 aliphatic heterocycles. The molecule has 13 heavy (non-hydrogen) atoms. The van der Waals surface area contributed by atoms with E-state index in [2.05, 4.69) is 36.5 Å². The predicted octanol–water partition coefficient (Wildman–Crippen LogP) is 4.40. The van der Waals surface area contributed by atoms with Crippen LogP contribution >= 0.6 is 0 Å². The van der Waals surface area contributed by atoms with Crippen LogP contribution in [-0.2, 0) is 0 Å². The molecule has 0 spiro atoms. The second kappa shape index (κ2) is 7.85. The Bertz CT molecular complexity index is 184. The molecule has 0 aromatic heterocycles. The average Bonchev–Trinajstić information content (AvgIpc) is 2.18. The quantitative estimate of drug-likeness (QED) is 0.480. The van der Waals surface area contributed by atoms with Crippen LogP contribution < -0.4 is 0 Å². The van der Waals surface area contributed by atoms with Crippen molar-refractivity contribution in [1.82, 2.24) is 0 Å². The molecule has 0 radical (unpaired) electrons. The van der Waals surface area contributed by atoms with Crippen LogP contribution in [-0.4, -0.2) is 0 Å². The van der Waals surface area contributed by atoms with E-state index in [1.165, 1.54) is 44.9 Å². The second-order valence-corrected chi connectivity index (χ2v) is 3.54. The zero-order valence-corrected chi connectivity index (χ0v) is 8.41. The van der Waals surface area contributed by atoms with Crippen molar-refractivity contribution < 1.29 is 0 Å². The standard InChI is InChI=1S/C13H20/c1-2-4-6-8-10-12-13-11-9-7-5-3-1/h1-4,11,13H,5-10,12H2/b3-1?,4-2-,13-11-. The molecule has 1 aliphatic rings. The molecule has 0 heteroatoms. The molecular formula is C13H20. The highest BCUT2D eigenvalue weighted by Crippen LogP contribution is 2.05. The van der Waals surface area contributed by atoms with Crippen LogP contribution in [0.15, 0.2) is 36.5 Å². The van der Waals surface area contributed by atoms with E-state index in [4.69, 9.17) is 0 Å². The van der Waals surface area contributed by atoms with Crippen molar-refractivity contribution in [3.63, 3.8) is 0 Å². The monoisotopic (exact) mass is 176 g/mol. The molecular weight excluding hydrogens is 156 g/mol. The van der Waals surface area contributed by atoms with Crippen molar-refractivity contribution in [3.8, 4) is 0 Å². The molecule has 0 aromatic carbocycles. The molecule has 1 aliphatic carbocycles. The summed E-state index contributed by atoms with van der Waals surface area (Å²) >= 11 is 0. The van der Waals surface area contributed by atoms with Crippen LogP contribution in [0.3, 0.4) is 0 Å². The van der Waals surface area contributed by atoms with Gasteiger partial charge in [0.05, 0.1) is 0 Å². The summed E-state index contributed by atoms with van der Waals surface area (Å²) in [6.45, 7) is 0. The predicted molar refractivity (Wildman–Crippen MR) is 59.7 cm³/mol. The van der Waals surface area contributed by atoms with E-state index in [1.54, 1.807) is 0 Å². The van der Waals surface area contributed by atoms with E-state index in [1.807, 2.05) is 0 Å². The van der Waals surface area contributed by atoms with Gasteiger partial charge in [0, 0.05) is 0 Å². The summed E-state index contributed by atoms with van der Waals surface area (Å²) in [6, 6.07) is 0. The lowest BCUT2D eigenvalue weighted by Crippen LogP contribution is -1.72. The maximum atomic E-state index is 2.34. The minimum atomic E-state index is 1.22. The highest BCUT2D eigenvalue weighted by molar-refractivity contribution is 5.02. The molecule has 0 saturated heterocycles. The van der Waals surface area contributed by atoms with E-state index in [0.29, 0.717) is 0 Å². The lowest BCUT2D eigenvalue weighted by molar-refractivity contribution is 0.759. The summed E-state index contributed by atoms with van der Waals surface area (Å²) in [5.41, 5.74) is 0. The molecule has 0 bridgehead atoms. The lowest BCUT2D eigenvalue weighted by Gasteiger charge is -1.92. The Kier molecular flexibility index (Phi) is 6.22. The van der Waals surface area contributed by atoms with Gasteiger partial charge in [0.2, 0.25) is 0 Å². The first-order valence-electron chi connectivity index (χ1n) is 5.47. The fraction of sp³-hybridized carbons (Fsp3) is 0.538. The Hall–Kier alpha value is -0.780. The van der Waals surface area contributed by atoms with Gasteiger partial charge in [-0.25, -0.2) is 0 Å². The van der Waals surface area contributed by atoms with Gasteiger partial charge in [-0.1, -0.05) is 36.5 Å². The van der Waals surface area contributed by atoms with Crippen molar-refractivity contribution >= 4 is 0 Å². The molecule has 0 N–H and O–H groups in total. The van der Waals surface area contributed by atoms with Gasteiger partial charge >= 0.3 is 0 Å². The summed E-state index contributed by atoms with van der Waals surface area (Å²) in [7, 11) is 0. The van der Waals surface area contributed by atoms with Gasteiger partial charge in [-0.2, -0.15) is 0 Å². The molecule has 0 unspecified atom stereocenters. The van der Waals surface area contributed by atoms with Crippen molar-refractivity contribution in [1.29, 1.82) is 0 Å². The number of allylic oxidation sites excluding steroid dienone is 6. The summed E-state index contributed by atoms with van der Waals surface area (Å²) in [5, 5.41) is 0. The van der Waals surface area contributed by atoms with Crippen molar-refractivity contribution in [2.45, 2.75) is 44.9 Å². The Balaban J connectivity index is 2.28. The van der Waals surface area contributed by atoms with E-state index in [0.717, 1.165) is 0 Å². The average molecular weight is 176 g/mol. The Morgan fingerprint density at radius 1 is 0.462 bits per heavy atom. The van der Waals surface area contributed by atoms with E-state index < -0.39 is 0 Å². The van der Waals surface area contributed by atoms with Crippen molar-refractivity contribution in [2.75, 3.05) is 0 Å². The Morgan fingerprint density at radius 2 is 0.923 bits per heavy atom. The number of hydrogen-bond donors (Lipinski definition) is 0.